The van der Waals surface area contributed by atoms with Crippen LogP contribution < -0.4 is 0 Å². The van der Waals surface area contributed by atoms with Crippen LogP contribution in [0.2, 0.25) is 0 Å². The molecule has 0 spiro atoms. The summed E-state index contributed by atoms with van der Waals surface area (Å²) < 4.78 is 5.98. The van der Waals surface area contributed by atoms with E-state index in [4.69, 9.17) is 9.73 Å². The summed E-state index contributed by atoms with van der Waals surface area (Å²) in [4.78, 5) is 4.86. The maximum Gasteiger partial charge on any atom is 0.216 e. The first-order valence-corrected chi connectivity index (χ1v) is 9.09. The molecule has 24 heavy (non-hydrogen) atoms. The predicted octanol–water partition coefficient (Wildman–Crippen LogP) is 4.37. The lowest BCUT2D eigenvalue weighted by molar-refractivity contribution is 0.291. The second-order valence-corrected chi connectivity index (χ2v) is 7.36. The Morgan fingerprint density at radius 1 is 0.875 bits per heavy atom. The molecule has 5 aliphatic rings. The molecule has 124 valence electrons. The second-order valence-electron chi connectivity index (χ2n) is 7.36. The smallest absolute Gasteiger partial charge is 0.216 e. The fraction of sp³-hybridized carbons (Fsp3) is 0.409. The van der Waals surface area contributed by atoms with E-state index in [0.29, 0.717) is 12.0 Å². The van der Waals surface area contributed by atoms with Gasteiger partial charge in [0.2, 0.25) is 5.90 Å². The SMILES string of the molecule is CC(C)C1COC(c2cc3ccc2CCc2ccc(cc2)CC3)=N1. The molecule has 1 heterocycles. The minimum Gasteiger partial charge on any atom is -0.475 e. The first kappa shape index (κ1) is 15.4. The summed E-state index contributed by atoms with van der Waals surface area (Å²) in [5.41, 5.74) is 6.76. The van der Waals surface area contributed by atoms with Crippen molar-refractivity contribution < 1.29 is 4.74 Å². The summed E-state index contributed by atoms with van der Waals surface area (Å²) in [5.74, 6) is 1.38. The van der Waals surface area contributed by atoms with Gasteiger partial charge in [-0.1, -0.05) is 50.2 Å². The molecule has 2 aromatic carbocycles. The van der Waals surface area contributed by atoms with Gasteiger partial charge in [0.1, 0.15) is 6.61 Å². The van der Waals surface area contributed by atoms with Crippen molar-refractivity contribution >= 4 is 5.90 Å². The second kappa shape index (κ2) is 6.43. The van der Waals surface area contributed by atoms with Gasteiger partial charge in [0.05, 0.1) is 6.04 Å². The molecule has 0 fully saturated rings. The van der Waals surface area contributed by atoms with Crippen molar-refractivity contribution in [3.63, 3.8) is 0 Å². The molecule has 1 atom stereocenters. The number of hydrogen-bond acceptors (Lipinski definition) is 2. The molecule has 0 saturated heterocycles. The number of aryl methyl sites for hydroxylation is 4. The van der Waals surface area contributed by atoms with Crippen LogP contribution in [0.15, 0.2) is 47.5 Å². The Balaban J connectivity index is 1.70. The highest BCUT2D eigenvalue weighted by Crippen LogP contribution is 2.24. The molecule has 4 aliphatic carbocycles. The third kappa shape index (κ3) is 3.10. The van der Waals surface area contributed by atoms with E-state index < -0.39 is 0 Å². The van der Waals surface area contributed by atoms with Crippen molar-refractivity contribution in [2.24, 2.45) is 10.9 Å². The molecular weight excluding hydrogens is 294 g/mol. The number of ether oxygens (including phenoxy) is 1. The molecule has 0 saturated carbocycles. The van der Waals surface area contributed by atoms with E-state index in [1.54, 1.807) is 0 Å². The number of hydrogen-bond donors (Lipinski definition) is 0. The Morgan fingerprint density at radius 2 is 1.50 bits per heavy atom. The van der Waals surface area contributed by atoms with Gasteiger partial charge >= 0.3 is 0 Å². The van der Waals surface area contributed by atoms with Crippen LogP contribution in [-0.4, -0.2) is 18.5 Å². The Hall–Kier alpha value is -2.09. The molecule has 2 aromatic rings. The van der Waals surface area contributed by atoms with Crippen LogP contribution in [-0.2, 0) is 30.4 Å². The molecule has 2 heteroatoms. The molecule has 1 aliphatic heterocycles. The molecule has 0 aromatic heterocycles. The maximum atomic E-state index is 5.98. The lowest BCUT2D eigenvalue weighted by Crippen LogP contribution is -2.13. The zero-order valence-electron chi connectivity index (χ0n) is 14.6. The monoisotopic (exact) mass is 319 g/mol. The average molecular weight is 319 g/mol. The molecule has 0 N–H and O–H groups in total. The Labute approximate surface area is 144 Å². The first-order valence-electron chi connectivity index (χ1n) is 9.09. The van der Waals surface area contributed by atoms with E-state index in [9.17, 15) is 0 Å². The highest BCUT2D eigenvalue weighted by molar-refractivity contribution is 5.96. The number of aliphatic imine (C=N–C) groups is 1. The predicted molar refractivity (Wildman–Crippen MR) is 98.8 cm³/mol. The van der Waals surface area contributed by atoms with Crippen molar-refractivity contribution in [3.05, 3.63) is 70.3 Å². The number of rotatable bonds is 2. The van der Waals surface area contributed by atoms with Gasteiger partial charge in [-0.3, -0.25) is 0 Å². The van der Waals surface area contributed by atoms with Gasteiger partial charge < -0.3 is 4.74 Å². The van der Waals surface area contributed by atoms with Crippen LogP contribution in [0.25, 0.3) is 0 Å². The molecule has 2 nitrogen and oxygen atoms in total. The lowest BCUT2D eigenvalue weighted by atomic mass is 9.93. The Morgan fingerprint density at radius 3 is 2.17 bits per heavy atom. The topological polar surface area (TPSA) is 21.6 Å². The molecular formula is C22H25NO. The molecule has 4 bridgehead atoms. The van der Waals surface area contributed by atoms with Gasteiger partial charge in [0, 0.05) is 5.56 Å². The third-order valence-electron chi connectivity index (χ3n) is 5.26. The van der Waals surface area contributed by atoms with Crippen LogP contribution in [0.3, 0.4) is 0 Å². The number of nitrogens with zero attached hydrogens (tertiary/aromatic N) is 1. The van der Waals surface area contributed by atoms with Crippen LogP contribution in [0, 0.1) is 5.92 Å². The Bertz CT molecular complexity index is 758. The van der Waals surface area contributed by atoms with E-state index in [1.807, 2.05) is 0 Å². The lowest BCUT2D eigenvalue weighted by Gasteiger charge is -2.14. The van der Waals surface area contributed by atoms with Gasteiger partial charge in [-0.05, 0) is 59.9 Å². The van der Waals surface area contributed by atoms with Gasteiger partial charge in [0.25, 0.3) is 0 Å². The fourth-order valence-electron chi connectivity index (χ4n) is 3.51. The van der Waals surface area contributed by atoms with Crippen molar-refractivity contribution in [1.82, 2.24) is 0 Å². The summed E-state index contributed by atoms with van der Waals surface area (Å²) >= 11 is 0. The third-order valence-corrected chi connectivity index (χ3v) is 5.26. The largest absolute Gasteiger partial charge is 0.475 e. The standard InChI is InChI=1S/C22H25NO/c1-15(2)21-14-24-22(23-21)20-13-18-8-7-16-3-5-17(6-4-16)9-11-19(20)12-10-18/h3-6,10,12-13,15,21H,7-9,11,14H2,1-2H3. The van der Waals surface area contributed by atoms with Crippen LogP contribution in [0.5, 0.6) is 0 Å². The van der Waals surface area contributed by atoms with E-state index in [2.05, 4.69) is 56.3 Å². The summed E-state index contributed by atoms with van der Waals surface area (Å²) in [7, 11) is 0. The van der Waals surface area contributed by atoms with Gasteiger partial charge in [0.15, 0.2) is 0 Å². The fourth-order valence-corrected chi connectivity index (χ4v) is 3.51. The highest BCUT2D eigenvalue weighted by Gasteiger charge is 2.24. The summed E-state index contributed by atoms with van der Waals surface area (Å²) in [6.45, 7) is 5.15. The van der Waals surface area contributed by atoms with Gasteiger partial charge in [-0.15, -0.1) is 0 Å². The normalized spacial score (nSPS) is 19.8. The molecule has 1 unspecified atom stereocenters. The first-order chi connectivity index (χ1) is 11.7. The van der Waals surface area contributed by atoms with Crippen molar-refractivity contribution in [2.45, 2.75) is 45.6 Å². The van der Waals surface area contributed by atoms with Crippen LogP contribution in [0.4, 0.5) is 0 Å². The minimum absolute atomic E-state index is 0.294. The van der Waals surface area contributed by atoms with Gasteiger partial charge in [-0.2, -0.15) is 0 Å². The van der Waals surface area contributed by atoms with E-state index in [-0.39, 0.29) is 0 Å². The highest BCUT2D eigenvalue weighted by atomic mass is 16.5. The van der Waals surface area contributed by atoms with Gasteiger partial charge in [-0.25, -0.2) is 4.99 Å². The van der Waals surface area contributed by atoms with E-state index in [0.717, 1.165) is 38.2 Å². The quantitative estimate of drug-likeness (QED) is 0.805. The Kier molecular flexibility index (Phi) is 4.13. The zero-order chi connectivity index (χ0) is 16.5. The summed E-state index contributed by atoms with van der Waals surface area (Å²) in [5, 5.41) is 0. The van der Waals surface area contributed by atoms with Crippen LogP contribution in [0.1, 0.15) is 41.7 Å². The minimum atomic E-state index is 0.294. The molecule has 0 amide bonds. The molecule has 0 radical (unpaired) electrons. The van der Waals surface area contributed by atoms with E-state index >= 15 is 0 Å². The van der Waals surface area contributed by atoms with Crippen molar-refractivity contribution in [3.8, 4) is 0 Å². The average Bonchev–Trinajstić information content (AvgIpc) is 3.07. The number of benzene rings is 2. The zero-order valence-corrected chi connectivity index (χ0v) is 14.6. The molecule has 7 rings (SSSR count). The van der Waals surface area contributed by atoms with Crippen molar-refractivity contribution in [1.29, 1.82) is 0 Å². The van der Waals surface area contributed by atoms with Crippen molar-refractivity contribution in [2.75, 3.05) is 6.61 Å². The maximum absolute atomic E-state index is 5.98. The van der Waals surface area contributed by atoms with E-state index in [1.165, 1.54) is 27.8 Å². The summed E-state index contributed by atoms with van der Waals surface area (Å²) in [6.07, 6.45) is 4.24. The summed E-state index contributed by atoms with van der Waals surface area (Å²) in [6, 6.07) is 16.3. The van der Waals surface area contributed by atoms with Crippen LogP contribution >= 0.6 is 0 Å².